The minimum atomic E-state index is -1.02. The fraction of sp³-hybridized carbons (Fsp3) is 0.372. The van der Waals surface area contributed by atoms with Crippen molar-refractivity contribution in [2.24, 2.45) is 0 Å². The summed E-state index contributed by atoms with van der Waals surface area (Å²) >= 11 is 0. The van der Waals surface area contributed by atoms with Crippen LogP contribution in [-0.4, -0.2) is 125 Å². The first-order chi connectivity index (χ1) is 29.2. The summed E-state index contributed by atoms with van der Waals surface area (Å²) in [6.07, 6.45) is 1.80. The van der Waals surface area contributed by atoms with Crippen molar-refractivity contribution in [3.8, 4) is 16.9 Å². The first-order valence-electron chi connectivity index (χ1n) is 20.3. The molecule has 0 radical (unpaired) electrons. The van der Waals surface area contributed by atoms with Crippen LogP contribution in [0.4, 0.5) is 21.6 Å². The molecule has 1 atom stereocenters. The maximum atomic E-state index is 15.7. The average Bonchev–Trinajstić information content (AvgIpc) is 3.72. The number of nitrogens with zero attached hydrogens (tertiary/aromatic N) is 7. The number of hydrogen-bond acceptors (Lipinski definition) is 13. The average molecular weight is 821 g/mol. The van der Waals surface area contributed by atoms with E-state index in [4.69, 9.17) is 20.2 Å². The van der Waals surface area contributed by atoms with Gasteiger partial charge in [0.25, 0.3) is 11.8 Å². The van der Waals surface area contributed by atoms with Crippen LogP contribution < -0.4 is 21.3 Å². The second-order valence-corrected chi connectivity index (χ2v) is 14.3. The van der Waals surface area contributed by atoms with Gasteiger partial charge in [-0.05, 0) is 61.9 Å². The molecule has 1 unspecified atom stereocenters. The summed E-state index contributed by atoms with van der Waals surface area (Å²) in [5, 5.41) is 5.37. The number of fused-ring (bicyclic) bond motifs is 2. The van der Waals surface area contributed by atoms with Gasteiger partial charge in [0.1, 0.15) is 29.0 Å². The molecule has 2 aromatic carbocycles. The Morgan fingerprint density at radius 1 is 0.900 bits per heavy atom. The lowest BCUT2D eigenvalue weighted by atomic mass is 10.0. The molecule has 4 N–H and O–H groups in total. The molecule has 17 heteroatoms. The number of carbonyl (C=O) groups excluding carboxylic acids is 4. The molecule has 3 aromatic heterocycles. The molecule has 0 bridgehead atoms. The number of benzene rings is 2. The van der Waals surface area contributed by atoms with Crippen LogP contribution >= 0.6 is 0 Å². The van der Waals surface area contributed by atoms with Crippen molar-refractivity contribution in [2.45, 2.75) is 39.7 Å². The minimum Gasteiger partial charge on any atom is -0.384 e. The van der Waals surface area contributed by atoms with Crippen molar-refractivity contribution in [1.82, 2.24) is 34.6 Å². The zero-order chi connectivity index (χ0) is 42.3. The molecule has 314 valence electrons. The quantitative estimate of drug-likeness (QED) is 0.107. The van der Waals surface area contributed by atoms with Gasteiger partial charge in [-0.15, -0.1) is 0 Å². The van der Waals surface area contributed by atoms with E-state index in [1.165, 1.54) is 6.07 Å². The van der Waals surface area contributed by atoms with Crippen molar-refractivity contribution in [2.75, 3.05) is 81.6 Å². The van der Waals surface area contributed by atoms with E-state index in [2.05, 4.69) is 30.4 Å². The Hall–Kier alpha value is -6.30. The standard InChI is InChI=1S/C41H43FN10O6.C2H6/c1-25-46-32-7-6-30(26-11-12-45-35(43)23-26)47-38(32)51(25)27-5-8-33(29(42)24-27)50-16-14-49(15-17-50)18-20-58-22-21-57-19-13-44-31-4-2-3-28-37(31)41(56)52(40(28)55)34-9-10-36(53)48-39(34)54;1-2/h2-8,11-12,23-24,34,44H,9-10,13-22H2,1H3,(H2,43,45)(H,48,53,54);1-2H3. The molecule has 0 saturated carbocycles. The third-order valence-corrected chi connectivity index (χ3v) is 10.6. The van der Waals surface area contributed by atoms with Gasteiger partial charge in [0.05, 0.1) is 54.6 Å². The number of halogens is 1. The Kier molecular flexibility index (Phi) is 13.1. The van der Waals surface area contributed by atoms with Crippen LogP contribution in [0.1, 0.15) is 53.2 Å². The summed E-state index contributed by atoms with van der Waals surface area (Å²) in [5.41, 5.74) is 10.9. The minimum absolute atomic E-state index is 0.0603. The lowest BCUT2D eigenvalue weighted by Crippen LogP contribution is -2.54. The second-order valence-electron chi connectivity index (χ2n) is 14.3. The maximum Gasteiger partial charge on any atom is 0.264 e. The Morgan fingerprint density at radius 3 is 2.43 bits per heavy atom. The van der Waals surface area contributed by atoms with E-state index in [9.17, 15) is 19.2 Å². The topological polar surface area (TPSA) is 190 Å². The zero-order valence-corrected chi connectivity index (χ0v) is 33.9. The van der Waals surface area contributed by atoms with E-state index in [1.807, 2.05) is 55.7 Å². The maximum absolute atomic E-state index is 15.7. The zero-order valence-electron chi connectivity index (χ0n) is 33.9. The summed E-state index contributed by atoms with van der Waals surface area (Å²) < 4.78 is 29.1. The molecular formula is C43H49FN10O6. The highest BCUT2D eigenvalue weighted by molar-refractivity contribution is 6.25. The number of aromatic nitrogens is 4. The number of nitrogens with two attached hydrogens (primary N) is 1. The van der Waals surface area contributed by atoms with Crippen molar-refractivity contribution in [3.05, 3.63) is 89.6 Å². The normalized spacial score (nSPS) is 16.8. The fourth-order valence-electron chi connectivity index (χ4n) is 7.69. The van der Waals surface area contributed by atoms with E-state index in [-0.39, 0.29) is 29.8 Å². The van der Waals surface area contributed by atoms with Gasteiger partial charge in [-0.3, -0.25) is 38.9 Å². The molecule has 0 spiro atoms. The number of hydrogen-bond donors (Lipinski definition) is 3. The Labute approximate surface area is 346 Å². The number of amides is 4. The lowest BCUT2D eigenvalue weighted by molar-refractivity contribution is -0.136. The van der Waals surface area contributed by atoms with Crippen LogP contribution in [0, 0.1) is 12.7 Å². The van der Waals surface area contributed by atoms with Gasteiger partial charge in [-0.2, -0.15) is 0 Å². The first kappa shape index (κ1) is 41.8. The van der Waals surface area contributed by atoms with Crippen LogP contribution in [0.5, 0.6) is 0 Å². The van der Waals surface area contributed by atoms with E-state index < -0.39 is 29.7 Å². The number of piperazine rings is 1. The van der Waals surface area contributed by atoms with Crippen molar-refractivity contribution >= 4 is 52.0 Å². The van der Waals surface area contributed by atoms with Crippen molar-refractivity contribution < 1.29 is 33.0 Å². The number of nitrogens with one attached hydrogen (secondary N) is 2. The number of imidazole rings is 1. The highest BCUT2D eigenvalue weighted by atomic mass is 19.1. The lowest BCUT2D eigenvalue weighted by Gasteiger charge is -2.36. The van der Waals surface area contributed by atoms with E-state index in [0.717, 1.165) is 35.8 Å². The Bertz CT molecular complexity index is 2400. The SMILES string of the molecule is CC.Cc1nc2ccc(-c3ccnc(N)c3)nc2n1-c1ccc(N2CCN(CCOCCOCCNc3cccc4c3C(=O)N(C3CCC(=O)NC3=O)C4=O)CC2)c(F)c1. The molecule has 5 aromatic rings. The Morgan fingerprint density at radius 2 is 1.68 bits per heavy atom. The van der Waals surface area contributed by atoms with Gasteiger partial charge >= 0.3 is 0 Å². The van der Waals surface area contributed by atoms with Crippen LogP contribution in [0.15, 0.2) is 66.9 Å². The molecule has 16 nitrogen and oxygen atoms in total. The first-order valence-corrected chi connectivity index (χ1v) is 20.3. The smallest absolute Gasteiger partial charge is 0.264 e. The van der Waals surface area contributed by atoms with E-state index >= 15 is 4.39 Å². The van der Waals surface area contributed by atoms with Gasteiger partial charge in [-0.25, -0.2) is 19.3 Å². The molecule has 4 amide bonds. The van der Waals surface area contributed by atoms with Crippen molar-refractivity contribution in [1.29, 1.82) is 0 Å². The highest BCUT2D eigenvalue weighted by Gasteiger charge is 2.45. The number of anilines is 3. The summed E-state index contributed by atoms with van der Waals surface area (Å²) in [6.45, 7) is 11.6. The number of aryl methyl sites for hydroxylation is 1. The molecule has 2 fully saturated rings. The number of carbonyl (C=O) groups is 4. The predicted octanol–water partition coefficient (Wildman–Crippen LogP) is 4.21. The number of ether oxygens (including phenoxy) is 2. The number of imide groups is 2. The number of pyridine rings is 2. The molecule has 6 heterocycles. The molecule has 8 rings (SSSR count). The van der Waals surface area contributed by atoms with Crippen LogP contribution in [0.2, 0.25) is 0 Å². The third-order valence-electron chi connectivity index (χ3n) is 10.6. The summed E-state index contributed by atoms with van der Waals surface area (Å²) in [4.78, 5) is 69.1. The predicted molar refractivity (Wildman–Crippen MR) is 224 cm³/mol. The van der Waals surface area contributed by atoms with Crippen molar-refractivity contribution in [3.63, 3.8) is 0 Å². The molecular weight excluding hydrogens is 772 g/mol. The Balaban J connectivity index is 0.00000268. The van der Waals surface area contributed by atoms with Gasteiger partial charge < -0.3 is 25.4 Å². The van der Waals surface area contributed by atoms with Gasteiger partial charge in [0.2, 0.25) is 11.8 Å². The van der Waals surface area contributed by atoms with Crippen LogP contribution in [-0.2, 0) is 19.1 Å². The van der Waals surface area contributed by atoms with Gasteiger partial charge in [-0.1, -0.05) is 19.9 Å². The number of rotatable bonds is 14. The highest BCUT2D eigenvalue weighted by Crippen LogP contribution is 2.33. The molecule has 0 aliphatic carbocycles. The molecule has 60 heavy (non-hydrogen) atoms. The molecule has 2 saturated heterocycles. The van der Waals surface area contributed by atoms with E-state index in [1.54, 1.807) is 30.5 Å². The summed E-state index contributed by atoms with van der Waals surface area (Å²) in [7, 11) is 0. The van der Waals surface area contributed by atoms with E-state index in [0.29, 0.717) is 85.9 Å². The van der Waals surface area contributed by atoms with Gasteiger partial charge in [0.15, 0.2) is 5.65 Å². The fourth-order valence-corrected chi connectivity index (χ4v) is 7.69. The molecule has 3 aliphatic heterocycles. The second kappa shape index (κ2) is 18.7. The summed E-state index contributed by atoms with van der Waals surface area (Å²) in [5.74, 6) is -1.38. The molecule has 3 aliphatic rings. The number of piperidine rings is 1. The number of nitrogen functional groups attached to an aromatic ring is 1. The van der Waals surface area contributed by atoms with Crippen LogP contribution in [0.25, 0.3) is 28.1 Å². The summed E-state index contributed by atoms with van der Waals surface area (Å²) in [6, 6.07) is 16.6. The van der Waals surface area contributed by atoms with Gasteiger partial charge in [0, 0.05) is 69.2 Å². The van der Waals surface area contributed by atoms with Crippen LogP contribution in [0.3, 0.4) is 0 Å². The largest absolute Gasteiger partial charge is 0.384 e. The third kappa shape index (κ3) is 8.83. The monoisotopic (exact) mass is 820 g/mol.